The number of nitrogens with one attached hydrogen (secondary N) is 1. The molecule has 8 heteroatoms. The highest BCUT2D eigenvalue weighted by atomic mass is 19.4. The number of alkyl halides is 3. The van der Waals surface area contributed by atoms with Gasteiger partial charge in [0.1, 0.15) is 6.10 Å². The molecule has 0 aliphatic carbocycles. The van der Waals surface area contributed by atoms with Gasteiger partial charge in [0.15, 0.2) is 0 Å². The van der Waals surface area contributed by atoms with Crippen molar-refractivity contribution in [3.05, 3.63) is 71.8 Å². The number of esters is 1. The molecule has 0 amide bonds. The molecule has 30 heavy (non-hydrogen) atoms. The lowest BCUT2D eigenvalue weighted by atomic mass is 9.88. The number of piperidine rings is 1. The summed E-state index contributed by atoms with van der Waals surface area (Å²) in [6, 6.07) is 20.4. The van der Waals surface area contributed by atoms with Crippen LogP contribution < -0.4 is 5.32 Å². The van der Waals surface area contributed by atoms with Crippen LogP contribution in [-0.4, -0.2) is 42.4 Å². The van der Waals surface area contributed by atoms with Gasteiger partial charge in [-0.05, 0) is 30.5 Å². The van der Waals surface area contributed by atoms with Gasteiger partial charge in [0.25, 0.3) is 0 Å². The molecule has 2 aromatic rings. The smallest absolute Gasteiger partial charge is 0.475 e. The molecule has 2 N–H and O–H groups in total. The average Bonchev–Trinajstić information content (AvgIpc) is 2.74. The molecule has 0 saturated carbocycles. The molecule has 2 atom stereocenters. The molecule has 0 radical (unpaired) electrons. The first kappa shape index (κ1) is 23.4. The first-order chi connectivity index (χ1) is 14.3. The second-order valence-electron chi connectivity index (χ2n) is 6.83. The number of aryl methyl sites for hydroxylation is 1. The fraction of sp³-hybridized carbons (Fsp3) is 0.364. The van der Waals surface area contributed by atoms with Crippen molar-refractivity contribution in [2.24, 2.45) is 0 Å². The zero-order valence-corrected chi connectivity index (χ0v) is 16.3. The van der Waals surface area contributed by atoms with Crippen LogP contribution in [0.3, 0.4) is 0 Å². The number of rotatable bonds is 5. The molecular weight excluding hydrogens is 399 g/mol. The molecular formula is C22H24F3NO4. The van der Waals surface area contributed by atoms with E-state index in [2.05, 4.69) is 17.4 Å². The summed E-state index contributed by atoms with van der Waals surface area (Å²) < 4.78 is 37.5. The zero-order valence-electron chi connectivity index (χ0n) is 16.3. The number of carbonyl (C=O) groups excluding carboxylic acids is 1. The van der Waals surface area contributed by atoms with Gasteiger partial charge in [0, 0.05) is 18.9 Å². The van der Waals surface area contributed by atoms with Crippen molar-refractivity contribution < 1.29 is 32.6 Å². The molecule has 2 aromatic carbocycles. The monoisotopic (exact) mass is 423 g/mol. The van der Waals surface area contributed by atoms with Crippen LogP contribution in [0.4, 0.5) is 13.2 Å². The van der Waals surface area contributed by atoms with Gasteiger partial charge in [-0.2, -0.15) is 13.2 Å². The Bertz CT molecular complexity index is 797. The van der Waals surface area contributed by atoms with Crippen molar-refractivity contribution in [3.63, 3.8) is 0 Å². The third-order valence-corrected chi connectivity index (χ3v) is 4.64. The van der Waals surface area contributed by atoms with E-state index < -0.39 is 12.1 Å². The molecule has 0 aromatic heterocycles. The highest BCUT2D eigenvalue weighted by molar-refractivity contribution is 5.73. The Morgan fingerprint density at radius 1 is 1.03 bits per heavy atom. The van der Waals surface area contributed by atoms with Crippen molar-refractivity contribution in [2.75, 3.05) is 13.1 Å². The highest BCUT2D eigenvalue weighted by Crippen LogP contribution is 2.27. The van der Waals surface area contributed by atoms with Gasteiger partial charge >= 0.3 is 18.1 Å². The van der Waals surface area contributed by atoms with Crippen molar-refractivity contribution in [1.29, 1.82) is 0 Å². The zero-order chi connectivity index (χ0) is 22.0. The van der Waals surface area contributed by atoms with E-state index in [1.807, 2.05) is 48.5 Å². The Kier molecular flexibility index (Phi) is 8.86. The van der Waals surface area contributed by atoms with Crippen molar-refractivity contribution in [2.45, 2.75) is 37.5 Å². The second-order valence-corrected chi connectivity index (χ2v) is 6.83. The summed E-state index contributed by atoms with van der Waals surface area (Å²) in [7, 11) is 0. The van der Waals surface area contributed by atoms with E-state index in [1.165, 1.54) is 11.1 Å². The Balaban J connectivity index is 0.000000396. The Hall–Kier alpha value is -2.87. The third-order valence-electron chi connectivity index (χ3n) is 4.64. The SMILES string of the molecule is O=C(CCc1ccccc1)O[C@H]1CNCC[C@@H]1c1ccccc1.O=C(O)C(F)(F)F. The molecule has 5 nitrogen and oxygen atoms in total. The lowest BCUT2D eigenvalue weighted by molar-refractivity contribution is -0.192. The third kappa shape index (κ3) is 7.87. The largest absolute Gasteiger partial charge is 0.490 e. The number of carboxylic acid groups (broad SMARTS) is 1. The minimum Gasteiger partial charge on any atom is -0.475 e. The minimum absolute atomic E-state index is 0.0746. The van der Waals surface area contributed by atoms with Crippen LogP contribution in [0.2, 0.25) is 0 Å². The summed E-state index contributed by atoms with van der Waals surface area (Å²) in [6.45, 7) is 1.70. The van der Waals surface area contributed by atoms with Crippen molar-refractivity contribution >= 4 is 11.9 Å². The maximum Gasteiger partial charge on any atom is 0.490 e. The Morgan fingerprint density at radius 3 is 2.17 bits per heavy atom. The number of benzene rings is 2. The van der Waals surface area contributed by atoms with E-state index in [1.54, 1.807) is 0 Å². The van der Waals surface area contributed by atoms with E-state index in [9.17, 15) is 18.0 Å². The lowest BCUT2D eigenvalue weighted by Crippen LogP contribution is -2.42. The highest BCUT2D eigenvalue weighted by Gasteiger charge is 2.38. The molecule has 0 unspecified atom stereocenters. The number of halogens is 3. The van der Waals surface area contributed by atoms with Gasteiger partial charge in [-0.1, -0.05) is 60.7 Å². The average molecular weight is 423 g/mol. The van der Waals surface area contributed by atoms with Crippen LogP contribution >= 0.6 is 0 Å². The van der Waals surface area contributed by atoms with Crippen LogP contribution in [0.25, 0.3) is 0 Å². The maximum absolute atomic E-state index is 12.2. The minimum atomic E-state index is -5.08. The molecule has 1 aliphatic rings. The number of ether oxygens (including phenoxy) is 1. The van der Waals surface area contributed by atoms with E-state index in [4.69, 9.17) is 14.6 Å². The number of aliphatic carboxylic acids is 1. The molecule has 1 fully saturated rings. The van der Waals surface area contributed by atoms with Crippen molar-refractivity contribution in [1.82, 2.24) is 5.32 Å². The molecule has 1 saturated heterocycles. The predicted molar refractivity (Wildman–Crippen MR) is 105 cm³/mol. The lowest BCUT2D eigenvalue weighted by Gasteiger charge is -2.32. The first-order valence-electron chi connectivity index (χ1n) is 9.56. The quantitative estimate of drug-likeness (QED) is 0.713. The van der Waals surface area contributed by atoms with Gasteiger partial charge < -0.3 is 15.2 Å². The first-order valence-corrected chi connectivity index (χ1v) is 9.56. The summed E-state index contributed by atoms with van der Waals surface area (Å²) in [6.07, 6.45) is -2.99. The number of hydrogen-bond acceptors (Lipinski definition) is 4. The van der Waals surface area contributed by atoms with Crippen LogP contribution in [0.1, 0.15) is 29.9 Å². The summed E-state index contributed by atoms with van der Waals surface area (Å²) >= 11 is 0. The van der Waals surface area contributed by atoms with Gasteiger partial charge in [0.2, 0.25) is 0 Å². The van der Waals surface area contributed by atoms with E-state index in [0.717, 1.165) is 25.9 Å². The molecule has 3 rings (SSSR count). The fourth-order valence-electron chi connectivity index (χ4n) is 3.15. The summed E-state index contributed by atoms with van der Waals surface area (Å²) in [4.78, 5) is 21.1. The van der Waals surface area contributed by atoms with Crippen molar-refractivity contribution in [3.8, 4) is 0 Å². The Morgan fingerprint density at radius 2 is 1.60 bits per heavy atom. The molecule has 1 heterocycles. The van der Waals surface area contributed by atoms with E-state index in [-0.39, 0.29) is 18.0 Å². The van der Waals surface area contributed by atoms with E-state index in [0.29, 0.717) is 6.42 Å². The second kappa shape index (κ2) is 11.3. The number of hydrogen-bond donors (Lipinski definition) is 2. The van der Waals surface area contributed by atoms with Gasteiger partial charge in [-0.3, -0.25) is 4.79 Å². The topological polar surface area (TPSA) is 75.6 Å². The normalized spacial score (nSPS) is 18.6. The fourth-order valence-corrected chi connectivity index (χ4v) is 3.15. The summed E-state index contributed by atoms with van der Waals surface area (Å²) in [5.41, 5.74) is 2.43. The molecule has 0 bridgehead atoms. The maximum atomic E-state index is 12.2. The predicted octanol–water partition coefficient (Wildman–Crippen LogP) is 3.94. The van der Waals surface area contributed by atoms with E-state index >= 15 is 0 Å². The molecule has 162 valence electrons. The molecule has 1 aliphatic heterocycles. The summed E-state index contributed by atoms with van der Waals surface area (Å²) in [5, 5.41) is 10.5. The Labute approximate surface area is 172 Å². The molecule has 0 spiro atoms. The number of carboxylic acids is 1. The van der Waals surface area contributed by atoms with Crippen LogP contribution in [-0.2, 0) is 20.7 Å². The standard InChI is InChI=1S/C20H23NO2.C2HF3O2/c22-20(12-11-16-7-3-1-4-8-16)23-19-15-21-14-13-18(19)17-9-5-2-6-10-17;3-2(4,5)1(6)7/h1-10,18-19,21H,11-15H2;(H,6,7)/t18-,19+;/m1./s1. The number of carbonyl (C=O) groups is 2. The summed E-state index contributed by atoms with van der Waals surface area (Å²) in [5.74, 6) is -2.57. The van der Waals surface area contributed by atoms with Crippen LogP contribution in [0, 0.1) is 0 Å². The van der Waals surface area contributed by atoms with Crippen LogP contribution in [0.5, 0.6) is 0 Å². The van der Waals surface area contributed by atoms with Gasteiger partial charge in [0.05, 0.1) is 0 Å². The van der Waals surface area contributed by atoms with Gasteiger partial charge in [-0.15, -0.1) is 0 Å². The van der Waals surface area contributed by atoms with Gasteiger partial charge in [-0.25, -0.2) is 4.79 Å². The van der Waals surface area contributed by atoms with Crippen LogP contribution in [0.15, 0.2) is 60.7 Å².